The number of hydrogen-bond acceptors (Lipinski definition) is 4. The third kappa shape index (κ3) is 1.93. The molecule has 100 valence electrons. The summed E-state index contributed by atoms with van der Waals surface area (Å²) in [6.45, 7) is 3.48. The molecule has 0 amide bonds. The summed E-state index contributed by atoms with van der Waals surface area (Å²) in [7, 11) is 0. The Morgan fingerprint density at radius 3 is 2.95 bits per heavy atom. The lowest BCUT2D eigenvalue weighted by Gasteiger charge is -2.49. The highest BCUT2D eigenvalue weighted by Crippen LogP contribution is 2.42. The molecule has 4 saturated heterocycles. The average molecular weight is 258 g/mol. The number of aromatic nitrogens is 1. The lowest BCUT2D eigenvalue weighted by molar-refractivity contribution is -0.150. The quantitative estimate of drug-likeness (QED) is 0.829. The van der Waals surface area contributed by atoms with Crippen LogP contribution in [0, 0.1) is 5.92 Å². The summed E-state index contributed by atoms with van der Waals surface area (Å²) in [4.78, 5) is 17.2. The van der Waals surface area contributed by atoms with Crippen molar-refractivity contribution in [3.05, 3.63) is 24.4 Å². The molecule has 0 saturated carbocycles. The fourth-order valence-electron chi connectivity index (χ4n) is 3.58. The molecule has 1 spiro atoms. The van der Waals surface area contributed by atoms with Crippen LogP contribution < -0.4 is 5.48 Å². The molecule has 1 unspecified atom stereocenters. The van der Waals surface area contributed by atoms with E-state index in [4.69, 9.17) is 4.84 Å². The predicted octanol–water partition coefficient (Wildman–Crippen LogP) is 1.50. The number of rotatable bonds is 1. The molecule has 5 heterocycles. The van der Waals surface area contributed by atoms with Gasteiger partial charge in [-0.2, -0.15) is 0 Å². The molecular weight excluding hydrogens is 240 g/mol. The van der Waals surface area contributed by atoms with Crippen molar-refractivity contribution in [1.29, 1.82) is 0 Å². The largest absolute Gasteiger partial charge is 0.300 e. The number of hydroxylamine groups is 1. The molecule has 4 aliphatic rings. The third-order valence-corrected chi connectivity index (χ3v) is 4.56. The number of nitrogens with zero attached hydrogens (tertiary/aromatic N) is 3. The van der Waals surface area contributed by atoms with Gasteiger partial charge in [0.25, 0.3) is 0 Å². The second-order valence-electron chi connectivity index (χ2n) is 5.74. The molecular formula is C14H18N4O. The number of hydrogen-bond donors (Lipinski definition) is 1. The first-order valence-corrected chi connectivity index (χ1v) is 6.99. The molecule has 5 heteroatoms. The summed E-state index contributed by atoms with van der Waals surface area (Å²) in [6.07, 6.45) is 5.14. The van der Waals surface area contributed by atoms with Crippen LogP contribution >= 0.6 is 0 Å². The monoisotopic (exact) mass is 258 g/mol. The van der Waals surface area contributed by atoms with E-state index < -0.39 is 0 Å². The Morgan fingerprint density at radius 1 is 1.37 bits per heavy atom. The van der Waals surface area contributed by atoms with Crippen LogP contribution in [-0.4, -0.2) is 41.0 Å². The molecule has 1 aromatic rings. The van der Waals surface area contributed by atoms with Gasteiger partial charge in [-0.3, -0.25) is 10.3 Å². The first-order valence-electron chi connectivity index (χ1n) is 6.99. The van der Waals surface area contributed by atoms with Gasteiger partial charge >= 0.3 is 0 Å². The van der Waals surface area contributed by atoms with Crippen LogP contribution in [0.15, 0.2) is 29.4 Å². The molecule has 4 aliphatic heterocycles. The normalized spacial score (nSPS) is 38.8. The van der Waals surface area contributed by atoms with E-state index >= 15 is 0 Å². The summed E-state index contributed by atoms with van der Waals surface area (Å²) >= 11 is 0. The summed E-state index contributed by atoms with van der Waals surface area (Å²) < 4.78 is 0. The van der Waals surface area contributed by atoms with Gasteiger partial charge < -0.3 is 4.90 Å². The van der Waals surface area contributed by atoms with Gasteiger partial charge in [0.1, 0.15) is 11.4 Å². The van der Waals surface area contributed by atoms with Crippen molar-refractivity contribution in [2.24, 2.45) is 10.9 Å². The Bertz CT molecular complexity index is 495. The molecule has 2 bridgehead atoms. The predicted molar refractivity (Wildman–Crippen MR) is 72.1 cm³/mol. The molecule has 5 nitrogen and oxygen atoms in total. The third-order valence-electron chi connectivity index (χ3n) is 4.56. The maximum atomic E-state index is 5.95. The van der Waals surface area contributed by atoms with Crippen molar-refractivity contribution >= 4 is 11.7 Å². The molecule has 1 aromatic heterocycles. The van der Waals surface area contributed by atoms with Crippen molar-refractivity contribution in [2.45, 2.75) is 24.9 Å². The number of aliphatic imine (C=N–C) groups is 1. The Morgan fingerprint density at radius 2 is 2.26 bits per heavy atom. The standard InChI is InChI=1S/C14H18N4O/c1-2-6-15-12(3-1)16-13-9-14(19-17-13)10-18-7-4-11(14)5-8-18/h1-3,6,11H,4-5,7-10H2,(H,15,16,17). The van der Waals surface area contributed by atoms with Crippen LogP contribution in [0.1, 0.15) is 19.3 Å². The zero-order valence-corrected chi connectivity index (χ0v) is 10.9. The van der Waals surface area contributed by atoms with Crippen LogP contribution in [0.3, 0.4) is 0 Å². The van der Waals surface area contributed by atoms with Gasteiger partial charge in [0.05, 0.1) is 0 Å². The Balaban J connectivity index is 1.56. The van der Waals surface area contributed by atoms with E-state index in [1.165, 1.54) is 25.9 Å². The summed E-state index contributed by atoms with van der Waals surface area (Å²) in [5, 5.41) is 0. The maximum absolute atomic E-state index is 5.95. The Kier molecular flexibility index (Phi) is 2.56. The first kappa shape index (κ1) is 11.4. The summed E-state index contributed by atoms with van der Waals surface area (Å²) in [5.41, 5.74) is 2.98. The number of amidine groups is 1. The van der Waals surface area contributed by atoms with Crippen molar-refractivity contribution in [1.82, 2.24) is 15.4 Å². The minimum absolute atomic E-state index is 0.0515. The first-order chi connectivity index (χ1) is 9.34. The average Bonchev–Trinajstić information content (AvgIpc) is 2.84. The van der Waals surface area contributed by atoms with E-state index in [0.29, 0.717) is 5.92 Å². The lowest BCUT2D eigenvalue weighted by Crippen LogP contribution is -2.59. The minimum atomic E-state index is -0.0515. The number of nitrogens with one attached hydrogen (secondary N) is 1. The van der Waals surface area contributed by atoms with Crippen LogP contribution in [0.2, 0.25) is 0 Å². The molecule has 0 radical (unpaired) electrons. The molecule has 5 rings (SSSR count). The molecule has 4 fully saturated rings. The SMILES string of the molecule is c1ccc(/N=C2/CC3(CN4CCC3CC4)ON2)nc1. The highest BCUT2D eigenvalue weighted by molar-refractivity contribution is 5.86. The fraction of sp³-hybridized carbons (Fsp3) is 0.571. The van der Waals surface area contributed by atoms with Crippen LogP contribution in [0.4, 0.5) is 5.82 Å². The minimum Gasteiger partial charge on any atom is -0.300 e. The van der Waals surface area contributed by atoms with Crippen LogP contribution in [0.25, 0.3) is 0 Å². The van der Waals surface area contributed by atoms with Crippen molar-refractivity contribution in [3.8, 4) is 0 Å². The topological polar surface area (TPSA) is 49.8 Å². The van der Waals surface area contributed by atoms with E-state index in [9.17, 15) is 0 Å². The van der Waals surface area contributed by atoms with Gasteiger partial charge in [-0.05, 0) is 44.0 Å². The van der Waals surface area contributed by atoms with E-state index in [2.05, 4.69) is 20.4 Å². The van der Waals surface area contributed by atoms with Gasteiger partial charge in [0.15, 0.2) is 5.82 Å². The van der Waals surface area contributed by atoms with E-state index in [1.807, 2.05) is 18.2 Å². The molecule has 19 heavy (non-hydrogen) atoms. The highest BCUT2D eigenvalue weighted by atomic mass is 16.7. The van der Waals surface area contributed by atoms with E-state index in [0.717, 1.165) is 24.6 Å². The number of fused-ring (bicyclic) bond motifs is 2. The van der Waals surface area contributed by atoms with E-state index in [1.54, 1.807) is 6.20 Å². The molecule has 1 atom stereocenters. The fourth-order valence-corrected chi connectivity index (χ4v) is 3.58. The van der Waals surface area contributed by atoms with Crippen LogP contribution in [0.5, 0.6) is 0 Å². The van der Waals surface area contributed by atoms with Gasteiger partial charge in [-0.25, -0.2) is 9.98 Å². The van der Waals surface area contributed by atoms with Gasteiger partial charge in [0, 0.05) is 19.2 Å². The van der Waals surface area contributed by atoms with Gasteiger partial charge in [-0.15, -0.1) is 0 Å². The summed E-state index contributed by atoms with van der Waals surface area (Å²) in [5.74, 6) is 2.32. The molecule has 0 aromatic carbocycles. The second-order valence-corrected chi connectivity index (χ2v) is 5.74. The van der Waals surface area contributed by atoms with Crippen LogP contribution in [-0.2, 0) is 4.84 Å². The Hall–Kier alpha value is -1.46. The van der Waals surface area contributed by atoms with Gasteiger partial charge in [0.2, 0.25) is 0 Å². The Labute approximate surface area is 112 Å². The maximum Gasteiger partial charge on any atom is 0.153 e. The second kappa shape index (κ2) is 4.28. The number of piperidine rings is 3. The summed E-state index contributed by atoms with van der Waals surface area (Å²) in [6, 6.07) is 5.76. The van der Waals surface area contributed by atoms with Crippen molar-refractivity contribution in [3.63, 3.8) is 0 Å². The number of pyridine rings is 1. The molecule has 1 N–H and O–H groups in total. The lowest BCUT2D eigenvalue weighted by atomic mass is 9.74. The smallest absolute Gasteiger partial charge is 0.153 e. The zero-order chi connectivity index (χ0) is 12.7. The van der Waals surface area contributed by atoms with Gasteiger partial charge in [-0.1, -0.05) is 6.07 Å². The van der Waals surface area contributed by atoms with Crippen molar-refractivity contribution in [2.75, 3.05) is 19.6 Å². The highest BCUT2D eigenvalue weighted by Gasteiger charge is 2.52. The van der Waals surface area contributed by atoms with E-state index in [-0.39, 0.29) is 5.60 Å². The van der Waals surface area contributed by atoms with Crippen molar-refractivity contribution < 1.29 is 4.84 Å². The zero-order valence-electron chi connectivity index (χ0n) is 10.9. The molecule has 0 aliphatic carbocycles.